The van der Waals surface area contributed by atoms with Crippen LogP contribution in [0.4, 0.5) is 0 Å². The van der Waals surface area contributed by atoms with Gasteiger partial charge in [0, 0.05) is 11.5 Å². The van der Waals surface area contributed by atoms with Crippen LogP contribution in [0, 0.1) is 13.8 Å². The molecule has 102 valence electrons. The predicted molar refractivity (Wildman–Crippen MR) is 82.4 cm³/mol. The highest BCUT2D eigenvalue weighted by molar-refractivity contribution is 6.01. The fraction of sp³-hybridized carbons (Fsp3) is 0.316. The quantitative estimate of drug-likeness (QED) is 0.724. The normalized spacial score (nSPS) is 17.6. The van der Waals surface area contributed by atoms with Crippen LogP contribution in [-0.2, 0) is 6.42 Å². The van der Waals surface area contributed by atoms with Gasteiger partial charge in [-0.05, 0) is 56.4 Å². The van der Waals surface area contributed by atoms with Crippen molar-refractivity contribution in [3.05, 3.63) is 70.3 Å². The topological polar surface area (TPSA) is 17.1 Å². The number of aryl methyl sites for hydroxylation is 3. The molecule has 0 amide bonds. The van der Waals surface area contributed by atoms with Crippen LogP contribution in [0.3, 0.4) is 0 Å². The summed E-state index contributed by atoms with van der Waals surface area (Å²) in [5.41, 5.74) is 5.78. The van der Waals surface area contributed by atoms with E-state index in [0.717, 1.165) is 36.0 Å². The van der Waals surface area contributed by atoms with Crippen molar-refractivity contribution in [1.29, 1.82) is 0 Å². The molecule has 3 rings (SSSR count). The number of rotatable bonds is 2. The van der Waals surface area contributed by atoms with Gasteiger partial charge in [-0.15, -0.1) is 0 Å². The number of fused-ring (bicyclic) bond motifs is 1. The maximum atomic E-state index is 12.9. The van der Waals surface area contributed by atoms with Gasteiger partial charge in [0.15, 0.2) is 5.78 Å². The van der Waals surface area contributed by atoms with Gasteiger partial charge in [0.05, 0.1) is 0 Å². The third-order valence-electron chi connectivity index (χ3n) is 4.19. The molecular formula is C19H20O. The second-order valence-corrected chi connectivity index (χ2v) is 5.88. The molecule has 0 bridgehead atoms. The average molecular weight is 264 g/mol. The van der Waals surface area contributed by atoms with E-state index in [1.807, 2.05) is 18.2 Å². The Morgan fingerprint density at radius 3 is 2.50 bits per heavy atom. The fourth-order valence-electron chi connectivity index (χ4n) is 3.34. The third kappa shape index (κ3) is 2.40. The van der Waals surface area contributed by atoms with E-state index in [0.29, 0.717) is 0 Å². The molecule has 1 atom stereocenters. The van der Waals surface area contributed by atoms with Crippen molar-refractivity contribution in [3.8, 4) is 0 Å². The van der Waals surface area contributed by atoms with Crippen molar-refractivity contribution < 1.29 is 4.79 Å². The number of hydrogen-bond acceptors (Lipinski definition) is 1. The smallest absolute Gasteiger partial charge is 0.170 e. The molecule has 0 aliphatic heterocycles. The summed E-state index contributed by atoms with van der Waals surface area (Å²) in [6.45, 7) is 4.11. The monoisotopic (exact) mass is 264 g/mol. The summed E-state index contributed by atoms with van der Waals surface area (Å²) in [6, 6.07) is 14.6. The molecule has 1 aliphatic carbocycles. The Hall–Kier alpha value is -1.89. The Morgan fingerprint density at radius 2 is 1.75 bits per heavy atom. The average Bonchev–Trinajstić information content (AvgIpc) is 2.45. The lowest BCUT2D eigenvalue weighted by Crippen LogP contribution is -2.19. The van der Waals surface area contributed by atoms with Crippen LogP contribution in [0.15, 0.2) is 42.5 Å². The minimum absolute atomic E-state index is 0.0427. The van der Waals surface area contributed by atoms with Gasteiger partial charge in [-0.25, -0.2) is 0 Å². The van der Waals surface area contributed by atoms with Gasteiger partial charge in [0.1, 0.15) is 0 Å². The van der Waals surface area contributed by atoms with Crippen LogP contribution in [0.5, 0.6) is 0 Å². The summed E-state index contributed by atoms with van der Waals surface area (Å²) in [5, 5.41) is 0. The number of carbonyl (C=O) groups is 1. The minimum atomic E-state index is 0.0427. The van der Waals surface area contributed by atoms with Gasteiger partial charge < -0.3 is 0 Å². The van der Waals surface area contributed by atoms with Gasteiger partial charge in [0.25, 0.3) is 0 Å². The van der Waals surface area contributed by atoms with Gasteiger partial charge in [0.2, 0.25) is 0 Å². The molecule has 0 N–H and O–H groups in total. The molecule has 0 radical (unpaired) electrons. The summed E-state index contributed by atoms with van der Waals surface area (Å²) < 4.78 is 0. The minimum Gasteiger partial charge on any atom is -0.293 e. The van der Waals surface area contributed by atoms with E-state index in [9.17, 15) is 4.79 Å². The molecule has 20 heavy (non-hydrogen) atoms. The molecule has 1 nitrogen and oxygen atoms in total. The van der Waals surface area contributed by atoms with Crippen LogP contribution in [0.1, 0.15) is 51.4 Å². The molecule has 0 fully saturated rings. The standard InChI is InChI=1S/C19H20O/c1-13-10-14(2)12-16(11-13)19(20)18-9-5-7-15-6-3-4-8-17(15)18/h3-4,6,8,10-12,18H,5,7,9H2,1-2H3. The predicted octanol–water partition coefficient (Wildman–Crippen LogP) is 4.61. The highest BCUT2D eigenvalue weighted by Gasteiger charge is 2.27. The Kier molecular flexibility index (Phi) is 3.43. The van der Waals surface area contributed by atoms with E-state index in [-0.39, 0.29) is 11.7 Å². The molecule has 0 saturated heterocycles. The van der Waals surface area contributed by atoms with Crippen molar-refractivity contribution in [1.82, 2.24) is 0 Å². The molecule has 2 aromatic carbocycles. The second kappa shape index (κ2) is 5.24. The van der Waals surface area contributed by atoms with E-state index in [4.69, 9.17) is 0 Å². The zero-order chi connectivity index (χ0) is 14.1. The first kappa shape index (κ1) is 13.1. The highest BCUT2D eigenvalue weighted by atomic mass is 16.1. The molecule has 1 aliphatic rings. The Bertz CT molecular complexity index is 634. The van der Waals surface area contributed by atoms with Crippen LogP contribution < -0.4 is 0 Å². The van der Waals surface area contributed by atoms with E-state index in [1.165, 1.54) is 11.1 Å². The van der Waals surface area contributed by atoms with Crippen molar-refractivity contribution >= 4 is 5.78 Å². The van der Waals surface area contributed by atoms with Crippen molar-refractivity contribution in [3.63, 3.8) is 0 Å². The number of ketones is 1. The molecule has 0 saturated carbocycles. The lowest BCUT2D eigenvalue weighted by atomic mass is 9.78. The van der Waals surface area contributed by atoms with Gasteiger partial charge in [-0.3, -0.25) is 4.79 Å². The van der Waals surface area contributed by atoms with Crippen molar-refractivity contribution in [2.45, 2.75) is 39.0 Å². The number of benzene rings is 2. The molecule has 0 spiro atoms. The first-order valence-corrected chi connectivity index (χ1v) is 7.35. The second-order valence-electron chi connectivity index (χ2n) is 5.88. The lowest BCUT2D eigenvalue weighted by molar-refractivity contribution is 0.0951. The first-order chi connectivity index (χ1) is 9.65. The van der Waals surface area contributed by atoms with E-state index in [1.54, 1.807) is 0 Å². The van der Waals surface area contributed by atoms with E-state index in [2.05, 4.69) is 38.1 Å². The van der Waals surface area contributed by atoms with Gasteiger partial charge >= 0.3 is 0 Å². The van der Waals surface area contributed by atoms with Crippen molar-refractivity contribution in [2.24, 2.45) is 0 Å². The summed E-state index contributed by atoms with van der Waals surface area (Å²) in [4.78, 5) is 12.9. The molecule has 0 heterocycles. The molecule has 1 unspecified atom stereocenters. The molecule has 2 aromatic rings. The van der Waals surface area contributed by atoms with Gasteiger partial charge in [-0.1, -0.05) is 41.5 Å². The summed E-state index contributed by atoms with van der Waals surface area (Å²) >= 11 is 0. The number of hydrogen-bond donors (Lipinski definition) is 0. The Balaban J connectivity index is 1.99. The van der Waals surface area contributed by atoms with Crippen LogP contribution in [0.25, 0.3) is 0 Å². The van der Waals surface area contributed by atoms with Crippen LogP contribution in [0.2, 0.25) is 0 Å². The molecule has 0 aromatic heterocycles. The maximum Gasteiger partial charge on any atom is 0.170 e. The van der Waals surface area contributed by atoms with Gasteiger partial charge in [-0.2, -0.15) is 0 Å². The molecule has 1 heteroatoms. The zero-order valence-corrected chi connectivity index (χ0v) is 12.1. The van der Waals surface area contributed by atoms with Crippen LogP contribution in [-0.4, -0.2) is 5.78 Å². The van der Waals surface area contributed by atoms with Crippen molar-refractivity contribution in [2.75, 3.05) is 0 Å². The Labute approximate surface area is 120 Å². The number of carbonyl (C=O) groups excluding carboxylic acids is 1. The number of Topliss-reactive ketones (excluding diaryl/α,β-unsaturated/α-hetero) is 1. The highest BCUT2D eigenvalue weighted by Crippen LogP contribution is 2.34. The first-order valence-electron chi connectivity index (χ1n) is 7.35. The summed E-state index contributed by atoms with van der Waals surface area (Å²) in [5.74, 6) is 0.324. The zero-order valence-electron chi connectivity index (χ0n) is 12.1. The van der Waals surface area contributed by atoms with Crippen LogP contribution >= 0.6 is 0 Å². The molecular weight excluding hydrogens is 244 g/mol. The Morgan fingerprint density at radius 1 is 1.05 bits per heavy atom. The SMILES string of the molecule is Cc1cc(C)cc(C(=O)C2CCCc3ccccc32)c1. The summed E-state index contributed by atoms with van der Waals surface area (Å²) in [7, 11) is 0. The largest absolute Gasteiger partial charge is 0.293 e. The van der Waals surface area contributed by atoms with E-state index < -0.39 is 0 Å². The van der Waals surface area contributed by atoms with E-state index >= 15 is 0 Å². The summed E-state index contributed by atoms with van der Waals surface area (Å²) in [6.07, 6.45) is 3.19. The fourth-order valence-corrected chi connectivity index (χ4v) is 3.34. The maximum absolute atomic E-state index is 12.9. The lowest BCUT2D eigenvalue weighted by Gasteiger charge is -2.24. The third-order valence-corrected chi connectivity index (χ3v) is 4.19.